The van der Waals surface area contributed by atoms with Crippen LogP contribution in [0.5, 0.6) is 0 Å². The summed E-state index contributed by atoms with van der Waals surface area (Å²) in [6.07, 6.45) is -6.30. The highest BCUT2D eigenvalue weighted by molar-refractivity contribution is 7.89. The number of ether oxygens (including phenoxy) is 1. The lowest BCUT2D eigenvalue weighted by Gasteiger charge is -2.20. The molecule has 4 aromatic heterocycles. The molecule has 5 aromatic rings. The Hall–Kier alpha value is -4.54. The molecule has 0 saturated carbocycles. The van der Waals surface area contributed by atoms with Gasteiger partial charge in [-0.25, -0.2) is 28.5 Å². The predicted molar refractivity (Wildman–Crippen MR) is 143 cm³/mol. The average Bonchev–Trinajstić information content (AvgIpc) is 3.69. The van der Waals surface area contributed by atoms with E-state index in [0.717, 1.165) is 6.07 Å². The second kappa shape index (κ2) is 10.6. The van der Waals surface area contributed by atoms with Crippen LogP contribution in [-0.4, -0.2) is 94.8 Å². The zero-order valence-corrected chi connectivity index (χ0v) is 23.1. The molecule has 21 heteroatoms. The second-order valence-corrected chi connectivity index (χ2v) is 11.2. The van der Waals surface area contributed by atoms with Gasteiger partial charge >= 0.3 is 6.18 Å². The van der Waals surface area contributed by atoms with Gasteiger partial charge in [-0.2, -0.15) is 32.8 Å². The molecular weight excluding hydrogens is 615 g/mol. The van der Waals surface area contributed by atoms with E-state index in [1.54, 1.807) is 13.1 Å². The number of halogens is 3. The molecule has 0 aliphatic carbocycles. The third kappa shape index (κ3) is 5.03. The highest BCUT2D eigenvalue weighted by atomic mass is 32.2. The Bertz CT molecular complexity index is 1990. The Labute approximate surface area is 244 Å². The van der Waals surface area contributed by atoms with E-state index in [1.165, 1.54) is 32.8 Å². The molecule has 0 unspecified atom stereocenters. The van der Waals surface area contributed by atoms with Gasteiger partial charge in [0, 0.05) is 25.0 Å². The van der Waals surface area contributed by atoms with Crippen LogP contribution in [0, 0.1) is 0 Å². The van der Waals surface area contributed by atoms with Gasteiger partial charge in [-0.3, -0.25) is 9.47 Å². The van der Waals surface area contributed by atoms with Crippen molar-refractivity contribution >= 4 is 50.2 Å². The zero-order valence-electron chi connectivity index (χ0n) is 22.3. The number of nitrogens with two attached hydrogens (primary N) is 1. The van der Waals surface area contributed by atoms with Crippen molar-refractivity contribution in [3.8, 4) is 0 Å². The number of primary sulfonamides is 1. The summed E-state index contributed by atoms with van der Waals surface area (Å²) in [5, 5.41) is 42.4. The largest absolute Gasteiger partial charge is 0.417 e. The van der Waals surface area contributed by atoms with E-state index in [4.69, 9.17) is 9.88 Å². The maximum atomic E-state index is 13.5. The number of fused-ring (bicyclic) bond motifs is 2. The van der Waals surface area contributed by atoms with Crippen LogP contribution >= 0.6 is 0 Å². The summed E-state index contributed by atoms with van der Waals surface area (Å²) in [7, 11) is -3.24. The first-order valence-corrected chi connectivity index (χ1v) is 14.1. The first kappa shape index (κ1) is 29.5. The third-order valence-corrected chi connectivity index (χ3v) is 7.79. The molecule has 1 aromatic carbocycles. The SMILES string of the molecule is CN(c1nc(Nc2ccc(C(F)(F)F)c(S(N)(=O)=O)c2)nc2c1ncn2[C@@H]1O[C@H](CO)[C@@H](O)[C@H]1O)c1nccc2ncnn12. The topological polar surface area (TPSA) is 232 Å². The molecule has 6 N–H and O–H groups in total. The van der Waals surface area contributed by atoms with E-state index in [-0.39, 0.29) is 34.6 Å². The summed E-state index contributed by atoms with van der Waals surface area (Å²) in [6.45, 7) is -0.592. The van der Waals surface area contributed by atoms with Crippen LogP contribution in [0.1, 0.15) is 11.8 Å². The number of aliphatic hydroxyl groups excluding tert-OH is 3. The molecule has 1 aliphatic rings. The fourth-order valence-corrected chi connectivity index (χ4v) is 5.53. The van der Waals surface area contributed by atoms with Gasteiger partial charge < -0.3 is 25.4 Å². The standard InChI is InChI=1S/C23H22F3N11O6S/c1-35(22-28-5-4-14-29-8-31-37(14)22)18-15-19(36(9-30-15)20-17(40)16(39)12(7-38)43-20)34-21(33-18)32-10-2-3-11(23(24,25)26)13(6-10)44(27,41)42/h2-6,8-9,12,16-17,20,38-40H,7H2,1H3,(H2,27,41,42)(H,32,33,34)/t12-,16-,17-,20-/m1/s1. The van der Waals surface area contributed by atoms with E-state index >= 15 is 0 Å². The van der Waals surface area contributed by atoms with Gasteiger partial charge in [0.1, 0.15) is 24.6 Å². The normalized spacial score (nSPS) is 20.9. The van der Waals surface area contributed by atoms with Crippen molar-refractivity contribution < 1.29 is 41.6 Å². The van der Waals surface area contributed by atoms with Gasteiger partial charge in [0.15, 0.2) is 28.9 Å². The number of benzene rings is 1. The first-order valence-electron chi connectivity index (χ1n) is 12.5. The Morgan fingerprint density at radius 2 is 1.91 bits per heavy atom. The number of rotatable bonds is 7. The molecule has 6 rings (SSSR count). The maximum absolute atomic E-state index is 13.5. The molecule has 1 saturated heterocycles. The minimum atomic E-state index is -5.01. The number of imidazole rings is 1. The molecule has 0 amide bonds. The second-order valence-electron chi connectivity index (χ2n) is 9.64. The number of hydrogen-bond acceptors (Lipinski definition) is 14. The number of nitrogens with one attached hydrogen (secondary N) is 1. The molecule has 44 heavy (non-hydrogen) atoms. The number of sulfonamides is 1. The lowest BCUT2D eigenvalue weighted by atomic mass is 10.1. The summed E-state index contributed by atoms with van der Waals surface area (Å²) >= 11 is 0. The lowest BCUT2D eigenvalue weighted by Crippen LogP contribution is -2.33. The average molecular weight is 638 g/mol. The summed E-state index contributed by atoms with van der Waals surface area (Å²) in [4.78, 5) is 22.0. The highest BCUT2D eigenvalue weighted by Crippen LogP contribution is 2.37. The van der Waals surface area contributed by atoms with Crippen molar-refractivity contribution in [2.24, 2.45) is 5.14 Å². The van der Waals surface area contributed by atoms with Gasteiger partial charge in [0.05, 0.1) is 23.4 Å². The molecule has 0 spiro atoms. The molecule has 232 valence electrons. The van der Waals surface area contributed by atoms with Crippen LogP contribution in [0.4, 0.5) is 36.6 Å². The quantitative estimate of drug-likeness (QED) is 0.159. The Balaban J connectivity index is 1.51. The Kier molecular flexibility index (Phi) is 7.09. The minimum absolute atomic E-state index is 0.0172. The van der Waals surface area contributed by atoms with E-state index in [1.807, 2.05) is 0 Å². The van der Waals surface area contributed by atoms with Crippen LogP contribution in [-0.2, 0) is 20.9 Å². The number of hydrogen-bond donors (Lipinski definition) is 5. The number of anilines is 4. The van der Waals surface area contributed by atoms with Crippen LogP contribution in [0.15, 0.2) is 48.0 Å². The van der Waals surface area contributed by atoms with Crippen LogP contribution in [0.3, 0.4) is 0 Å². The zero-order chi connectivity index (χ0) is 31.6. The van der Waals surface area contributed by atoms with Gasteiger partial charge in [-0.05, 0) is 18.2 Å². The van der Waals surface area contributed by atoms with E-state index in [2.05, 4.69) is 35.3 Å². The van der Waals surface area contributed by atoms with Gasteiger partial charge in [-0.15, -0.1) is 0 Å². The van der Waals surface area contributed by atoms with Crippen molar-refractivity contribution in [1.82, 2.24) is 39.1 Å². The van der Waals surface area contributed by atoms with E-state index in [9.17, 15) is 36.9 Å². The summed E-state index contributed by atoms with van der Waals surface area (Å²) < 4.78 is 72.9. The molecule has 5 heterocycles. The van der Waals surface area contributed by atoms with Crippen LogP contribution in [0.25, 0.3) is 16.8 Å². The van der Waals surface area contributed by atoms with Crippen molar-refractivity contribution in [3.63, 3.8) is 0 Å². The highest BCUT2D eigenvalue weighted by Gasteiger charge is 2.44. The van der Waals surface area contributed by atoms with Crippen molar-refractivity contribution in [2.75, 3.05) is 23.9 Å². The van der Waals surface area contributed by atoms with E-state index < -0.39 is 57.8 Å². The van der Waals surface area contributed by atoms with Gasteiger partial charge in [0.25, 0.3) is 0 Å². The molecule has 4 atom stereocenters. The predicted octanol–water partition coefficient (Wildman–Crippen LogP) is 0.0532. The van der Waals surface area contributed by atoms with Crippen molar-refractivity contribution in [1.29, 1.82) is 0 Å². The lowest BCUT2D eigenvalue weighted by molar-refractivity contribution is -0.139. The molecule has 0 radical (unpaired) electrons. The Morgan fingerprint density at radius 3 is 2.59 bits per heavy atom. The van der Waals surface area contributed by atoms with Crippen LogP contribution < -0.4 is 15.4 Å². The number of aliphatic hydroxyl groups is 3. The Morgan fingerprint density at radius 1 is 1.14 bits per heavy atom. The van der Waals surface area contributed by atoms with Crippen molar-refractivity contribution in [2.45, 2.75) is 35.6 Å². The molecular formula is C23H22F3N11O6S. The number of nitrogens with zero attached hydrogens (tertiary/aromatic N) is 9. The first-order chi connectivity index (χ1) is 20.8. The summed E-state index contributed by atoms with van der Waals surface area (Å²) in [5.41, 5.74) is -1.03. The molecule has 1 fully saturated rings. The van der Waals surface area contributed by atoms with Crippen molar-refractivity contribution in [3.05, 3.63) is 48.7 Å². The third-order valence-electron chi connectivity index (χ3n) is 6.84. The fraction of sp³-hybridized carbons (Fsp3) is 0.304. The monoisotopic (exact) mass is 637 g/mol. The smallest absolute Gasteiger partial charge is 0.394 e. The maximum Gasteiger partial charge on any atom is 0.417 e. The fourth-order valence-electron chi connectivity index (χ4n) is 4.75. The van der Waals surface area contributed by atoms with Crippen LogP contribution in [0.2, 0.25) is 0 Å². The van der Waals surface area contributed by atoms with Gasteiger partial charge in [-0.1, -0.05) is 0 Å². The van der Waals surface area contributed by atoms with Gasteiger partial charge in [0.2, 0.25) is 21.9 Å². The summed E-state index contributed by atoms with van der Waals surface area (Å²) in [6, 6.07) is 3.81. The minimum Gasteiger partial charge on any atom is -0.394 e. The van der Waals surface area contributed by atoms with E-state index in [0.29, 0.717) is 17.8 Å². The molecule has 17 nitrogen and oxygen atoms in total. The molecule has 0 bridgehead atoms. The summed E-state index contributed by atoms with van der Waals surface area (Å²) in [5.74, 6) is 0.0512. The number of alkyl halides is 3. The molecule has 1 aliphatic heterocycles. The number of aromatic nitrogens is 8.